The van der Waals surface area contributed by atoms with Gasteiger partial charge in [0.2, 0.25) is 0 Å². The van der Waals surface area contributed by atoms with Gasteiger partial charge < -0.3 is 9.94 Å². The third-order valence-corrected chi connectivity index (χ3v) is 6.44. The van der Waals surface area contributed by atoms with E-state index in [4.69, 9.17) is 14.9 Å². The van der Waals surface area contributed by atoms with Crippen LogP contribution in [0.15, 0.2) is 82.7 Å². The fourth-order valence-electron chi connectivity index (χ4n) is 4.58. The summed E-state index contributed by atoms with van der Waals surface area (Å²) in [5, 5.41) is 13.7. The molecule has 1 atom stereocenters. The zero-order valence-corrected chi connectivity index (χ0v) is 20.1. The number of oxime groups is 1. The average molecular weight is 500 g/mol. The molecule has 7 nitrogen and oxygen atoms in total. The number of aryl methyl sites for hydroxylation is 1. The number of carboxylic acids is 1. The molecule has 0 radical (unpaired) electrons. The Morgan fingerprint density at radius 3 is 2.59 bits per heavy atom. The van der Waals surface area contributed by atoms with Gasteiger partial charge in [0, 0.05) is 31.2 Å². The molecule has 0 amide bonds. The van der Waals surface area contributed by atoms with Gasteiger partial charge in [0.15, 0.2) is 0 Å². The van der Waals surface area contributed by atoms with E-state index in [1.165, 1.54) is 34.4 Å². The SMILES string of the molecule is O=C(O)CCCCc1nc2cc(C3=NOC(Cc4ccccc4)C3)ccc2c(=O)n1-c1ccc(F)cc1. The summed E-state index contributed by atoms with van der Waals surface area (Å²) in [5.74, 6) is -0.765. The molecular formula is C29H26FN3O4. The molecule has 8 heteroatoms. The molecule has 2 heterocycles. The Bertz CT molecular complexity index is 1510. The second-order valence-electron chi connectivity index (χ2n) is 9.14. The Morgan fingerprint density at radius 2 is 1.84 bits per heavy atom. The summed E-state index contributed by atoms with van der Waals surface area (Å²) >= 11 is 0. The minimum absolute atomic E-state index is 0.0441. The molecule has 1 aliphatic heterocycles. The molecule has 0 saturated carbocycles. The molecule has 5 rings (SSSR count). The number of aromatic nitrogens is 2. The van der Waals surface area contributed by atoms with Gasteiger partial charge in [-0.15, -0.1) is 0 Å². The molecule has 0 saturated heterocycles. The van der Waals surface area contributed by atoms with E-state index in [9.17, 15) is 14.0 Å². The Labute approximate surface area is 212 Å². The molecule has 1 aliphatic rings. The number of rotatable bonds is 9. The number of benzene rings is 3. The zero-order valence-electron chi connectivity index (χ0n) is 20.1. The van der Waals surface area contributed by atoms with Gasteiger partial charge in [0.05, 0.1) is 22.3 Å². The van der Waals surface area contributed by atoms with Crippen molar-refractivity contribution in [3.63, 3.8) is 0 Å². The summed E-state index contributed by atoms with van der Waals surface area (Å²) in [7, 11) is 0. The van der Waals surface area contributed by atoms with Crippen molar-refractivity contribution in [2.45, 2.75) is 44.6 Å². The zero-order chi connectivity index (χ0) is 25.8. The second kappa shape index (κ2) is 10.7. The highest BCUT2D eigenvalue weighted by molar-refractivity contribution is 6.03. The highest BCUT2D eigenvalue weighted by Gasteiger charge is 2.23. The van der Waals surface area contributed by atoms with Gasteiger partial charge in [-0.1, -0.05) is 41.6 Å². The first-order valence-corrected chi connectivity index (χ1v) is 12.3. The molecule has 0 spiro atoms. The number of halogens is 1. The van der Waals surface area contributed by atoms with E-state index >= 15 is 0 Å². The Morgan fingerprint density at radius 1 is 1.05 bits per heavy atom. The smallest absolute Gasteiger partial charge is 0.303 e. The lowest BCUT2D eigenvalue weighted by molar-refractivity contribution is -0.137. The van der Waals surface area contributed by atoms with Crippen LogP contribution in [0, 0.1) is 5.82 Å². The summed E-state index contributed by atoms with van der Waals surface area (Å²) in [6.45, 7) is 0. The van der Waals surface area contributed by atoms with E-state index < -0.39 is 11.8 Å². The van der Waals surface area contributed by atoms with Gasteiger partial charge in [0.25, 0.3) is 5.56 Å². The van der Waals surface area contributed by atoms with Crippen LogP contribution in [0.25, 0.3) is 16.6 Å². The number of hydrogen-bond acceptors (Lipinski definition) is 5. The maximum absolute atomic E-state index is 13.5. The van der Waals surface area contributed by atoms with Crippen LogP contribution in [0.4, 0.5) is 4.39 Å². The summed E-state index contributed by atoms with van der Waals surface area (Å²) in [6.07, 6.45) is 2.80. The van der Waals surface area contributed by atoms with Crippen molar-refractivity contribution in [3.8, 4) is 5.69 Å². The fraction of sp³-hybridized carbons (Fsp3) is 0.241. The fourth-order valence-corrected chi connectivity index (χ4v) is 4.58. The summed E-state index contributed by atoms with van der Waals surface area (Å²) in [4.78, 5) is 34.9. The lowest BCUT2D eigenvalue weighted by Gasteiger charge is -2.14. The first kappa shape index (κ1) is 24.4. The monoisotopic (exact) mass is 499 g/mol. The second-order valence-corrected chi connectivity index (χ2v) is 9.14. The van der Waals surface area contributed by atoms with E-state index in [0.29, 0.717) is 48.1 Å². The van der Waals surface area contributed by atoms with Crippen LogP contribution < -0.4 is 5.56 Å². The van der Waals surface area contributed by atoms with Crippen LogP contribution >= 0.6 is 0 Å². The van der Waals surface area contributed by atoms with E-state index in [2.05, 4.69) is 17.3 Å². The predicted molar refractivity (Wildman–Crippen MR) is 139 cm³/mol. The number of unbranched alkanes of at least 4 members (excludes halogenated alkanes) is 1. The Hall–Kier alpha value is -4.33. The largest absolute Gasteiger partial charge is 0.481 e. The lowest BCUT2D eigenvalue weighted by atomic mass is 9.99. The highest BCUT2D eigenvalue weighted by Crippen LogP contribution is 2.23. The molecular weight excluding hydrogens is 473 g/mol. The van der Waals surface area contributed by atoms with Crippen molar-refractivity contribution in [2.24, 2.45) is 5.16 Å². The van der Waals surface area contributed by atoms with Crippen LogP contribution in [0.3, 0.4) is 0 Å². The average Bonchev–Trinajstić information content (AvgIpc) is 3.36. The van der Waals surface area contributed by atoms with Crippen LogP contribution in [0.5, 0.6) is 0 Å². The van der Waals surface area contributed by atoms with Crippen LogP contribution in [0.1, 0.15) is 42.6 Å². The van der Waals surface area contributed by atoms with E-state index in [-0.39, 0.29) is 18.1 Å². The lowest BCUT2D eigenvalue weighted by Crippen LogP contribution is -2.24. The highest BCUT2D eigenvalue weighted by atomic mass is 19.1. The van der Waals surface area contributed by atoms with Gasteiger partial charge in [-0.3, -0.25) is 14.2 Å². The van der Waals surface area contributed by atoms with Crippen molar-refractivity contribution in [2.75, 3.05) is 0 Å². The van der Waals surface area contributed by atoms with E-state index in [0.717, 1.165) is 17.7 Å². The van der Waals surface area contributed by atoms with Gasteiger partial charge >= 0.3 is 5.97 Å². The molecule has 3 aromatic carbocycles. The minimum atomic E-state index is -0.864. The Kier molecular flexibility index (Phi) is 7.07. The van der Waals surface area contributed by atoms with Gasteiger partial charge in [0.1, 0.15) is 17.7 Å². The van der Waals surface area contributed by atoms with Gasteiger partial charge in [-0.25, -0.2) is 9.37 Å². The molecule has 4 aromatic rings. The van der Waals surface area contributed by atoms with E-state index in [1.807, 2.05) is 30.3 Å². The molecule has 1 aromatic heterocycles. The Balaban J connectivity index is 1.45. The van der Waals surface area contributed by atoms with Gasteiger partial charge in [-0.2, -0.15) is 0 Å². The summed E-state index contributed by atoms with van der Waals surface area (Å²) < 4.78 is 15.0. The molecule has 1 N–H and O–H groups in total. The number of hydrogen-bond donors (Lipinski definition) is 1. The number of aliphatic carboxylic acids is 1. The number of carboxylic acid groups (broad SMARTS) is 1. The van der Waals surface area contributed by atoms with E-state index in [1.54, 1.807) is 6.07 Å². The summed E-state index contributed by atoms with van der Waals surface area (Å²) in [5.41, 5.74) is 3.60. The van der Waals surface area contributed by atoms with Crippen LogP contribution in [-0.2, 0) is 22.5 Å². The number of carbonyl (C=O) groups is 1. The maximum Gasteiger partial charge on any atom is 0.303 e. The van der Waals surface area contributed by atoms with Crippen LogP contribution in [0.2, 0.25) is 0 Å². The molecule has 0 bridgehead atoms. The van der Waals surface area contributed by atoms with Crippen molar-refractivity contribution in [1.29, 1.82) is 0 Å². The maximum atomic E-state index is 13.5. The first-order chi connectivity index (χ1) is 18.0. The van der Waals surface area contributed by atoms with Gasteiger partial charge in [-0.05, 0) is 54.8 Å². The molecule has 0 aliphatic carbocycles. The third kappa shape index (κ3) is 5.58. The number of nitrogens with zero attached hydrogens (tertiary/aromatic N) is 3. The summed E-state index contributed by atoms with van der Waals surface area (Å²) in [6, 6.07) is 21.2. The molecule has 0 fully saturated rings. The minimum Gasteiger partial charge on any atom is -0.481 e. The first-order valence-electron chi connectivity index (χ1n) is 12.3. The third-order valence-electron chi connectivity index (χ3n) is 6.44. The van der Waals surface area contributed by atoms with Crippen LogP contribution in [-0.4, -0.2) is 32.4 Å². The predicted octanol–water partition coefficient (Wildman–Crippen LogP) is 5.06. The standard InChI is InChI=1S/C29H26FN3O4/c30-21-11-13-22(14-12-21)33-27(8-4-5-9-28(34)35)31-26-17-20(10-15-24(26)29(33)36)25-18-23(37-32-25)16-19-6-2-1-3-7-19/h1-3,6-7,10-15,17,23H,4-5,8-9,16,18H2,(H,34,35). The normalized spacial score (nSPS) is 14.9. The van der Waals surface area contributed by atoms with Crippen molar-refractivity contribution >= 4 is 22.6 Å². The number of fused-ring (bicyclic) bond motifs is 1. The molecule has 37 heavy (non-hydrogen) atoms. The van der Waals surface area contributed by atoms with Crippen molar-refractivity contribution in [3.05, 3.63) is 106 Å². The molecule has 188 valence electrons. The molecule has 1 unspecified atom stereocenters. The topological polar surface area (TPSA) is 93.8 Å². The van der Waals surface area contributed by atoms with Crippen molar-refractivity contribution < 1.29 is 19.1 Å². The quantitative estimate of drug-likeness (QED) is 0.325. The van der Waals surface area contributed by atoms with Crippen molar-refractivity contribution in [1.82, 2.24) is 9.55 Å².